The van der Waals surface area contributed by atoms with Crippen LogP contribution in [-0.2, 0) is 11.3 Å². The average Bonchev–Trinajstić information content (AvgIpc) is 2.54. The predicted octanol–water partition coefficient (Wildman–Crippen LogP) is 1.93. The van der Waals surface area contributed by atoms with E-state index in [-0.39, 0.29) is 5.91 Å². The second kappa shape index (κ2) is 7.31. The molecule has 0 radical (unpaired) electrons. The standard InChI is InChI=1S/C16H24N2O3/c1-12(16(19)18-6-4-3-5-7-18)21-15-9-13(11-17)8-14(10-15)20-2/h8-10,12H,3-7,11,17H2,1-2H3. The van der Waals surface area contributed by atoms with E-state index in [0.29, 0.717) is 18.0 Å². The lowest BCUT2D eigenvalue weighted by Gasteiger charge is -2.29. The Labute approximate surface area is 126 Å². The van der Waals surface area contributed by atoms with Gasteiger partial charge in [0.25, 0.3) is 5.91 Å². The van der Waals surface area contributed by atoms with Crippen LogP contribution < -0.4 is 15.2 Å². The Hall–Kier alpha value is -1.75. The number of carbonyl (C=O) groups is 1. The smallest absolute Gasteiger partial charge is 0.263 e. The summed E-state index contributed by atoms with van der Waals surface area (Å²) < 4.78 is 11.0. The molecule has 1 amide bonds. The summed E-state index contributed by atoms with van der Waals surface area (Å²) >= 11 is 0. The summed E-state index contributed by atoms with van der Waals surface area (Å²) in [5.41, 5.74) is 6.58. The van der Waals surface area contributed by atoms with E-state index in [1.54, 1.807) is 20.1 Å². The molecule has 0 bridgehead atoms. The van der Waals surface area contributed by atoms with Gasteiger partial charge in [-0.25, -0.2) is 0 Å². The van der Waals surface area contributed by atoms with Crippen molar-refractivity contribution in [2.45, 2.75) is 38.8 Å². The van der Waals surface area contributed by atoms with Crippen molar-refractivity contribution in [3.8, 4) is 11.5 Å². The van der Waals surface area contributed by atoms with Crippen molar-refractivity contribution in [3.63, 3.8) is 0 Å². The van der Waals surface area contributed by atoms with E-state index < -0.39 is 6.10 Å². The first kappa shape index (κ1) is 15.6. The molecule has 5 heteroatoms. The third-order valence-corrected chi connectivity index (χ3v) is 3.74. The molecule has 1 unspecified atom stereocenters. The number of likely N-dealkylation sites (tertiary alicyclic amines) is 1. The van der Waals surface area contributed by atoms with E-state index in [4.69, 9.17) is 15.2 Å². The number of hydrogen-bond acceptors (Lipinski definition) is 4. The summed E-state index contributed by atoms with van der Waals surface area (Å²) in [4.78, 5) is 14.2. The summed E-state index contributed by atoms with van der Waals surface area (Å²) in [5.74, 6) is 1.35. The highest BCUT2D eigenvalue weighted by molar-refractivity contribution is 5.81. The van der Waals surface area contributed by atoms with E-state index in [0.717, 1.165) is 31.5 Å². The van der Waals surface area contributed by atoms with Crippen LogP contribution in [0.3, 0.4) is 0 Å². The number of nitrogens with zero attached hydrogens (tertiary/aromatic N) is 1. The van der Waals surface area contributed by atoms with Crippen molar-refractivity contribution in [2.24, 2.45) is 5.73 Å². The Morgan fingerprint density at radius 1 is 1.24 bits per heavy atom. The molecule has 1 saturated heterocycles. The van der Waals surface area contributed by atoms with Gasteiger partial charge in [-0.3, -0.25) is 4.79 Å². The largest absolute Gasteiger partial charge is 0.497 e. The van der Waals surface area contributed by atoms with Crippen molar-refractivity contribution in [1.82, 2.24) is 4.90 Å². The maximum atomic E-state index is 12.4. The lowest BCUT2D eigenvalue weighted by molar-refractivity contribution is -0.138. The summed E-state index contributed by atoms with van der Waals surface area (Å²) in [6.45, 7) is 3.86. The fraction of sp³-hybridized carbons (Fsp3) is 0.562. The number of piperidine rings is 1. The molecule has 1 atom stereocenters. The number of carbonyl (C=O) groups excluding carboxylic acids is 1. The quantitative estimate of drug-likeness (QED) is 0.900. The van der Waals surface area contributed by atoms with Crippen molar-refractivity contribution < 1.29 is 14.3 Å². The monoisotopic (exact) mass is 292 g/mol. The molecule has 0 aromatic heterocycles. The number of benzene rings is 1. The fourth-order valence-corrected chi connectivity index (χ4v) is 2.56. The van der Waals surface area contributed by atoms with E-state index >= 15 is 0 Å². The minimum Gasteiger partial charge on any atom is -0.497 e. The molecule has 1 aliphatic rings. The van der Waals surface area contributed by atoms with E-state index in [2.05, 4.69) is 0 Å². The van der Waals surface area contributed by atoms with E-state index in [9.17, 15) is 4.79 Å². The molecule has 116 valence electrons. The van der Waals surface area contributed by atoms with Crippen LogP contribution in [0.1, 0.15) is 31.7 Å². The lowest BCUT2D eigenvalue weighted by atomic mass is 10.1. The zero-order chi connectivity index (χ0) is 15.2. The van der Waals surface area contributed by atoms with Crippen molar-refractivity contribution >= 4 is 5.91 Å². The first-order valence-corrected chi connectivity index (χ1v) is 7.47. The molecule has 21 heavy (non-hydrogen) atoms. The predicted molar refractivity (Wildman–Crippen MR) is 81.4 cm³/mol. The van der Waals surface area contributed by atoms with Gasteiger partial charge in [0, 0.05) is 25.7 Å². The highest BCUT2D eigenvalue weighted by Gasteiger charge is 2.23. The van der Waals surface area contributed by atoms with Gasteiger partial charge in [0.05, 0.1) is 7.11 Å². The van der Waals surface area contributed by atoms with Crippen LogP contribution in [-0.4, -0.2) is 37.1 Å². The normalized spacial score (nSPS) is 16.4. The van der Waals surface area contributed by atoms with Crippen LogP contribution >= 0.6 is 0 Å². The number of ether oxygens (including phenoxy) is 2. The van der Waals surface area contributed by atoms with Gasteiger partial charge in [-0.1, -0.05) is 0 Å². The second-order valence-electron chi connectivity index (χ2n) is 5.37. The van der Waals surface area contributed by atoms with Crippen molar-refractivity contribution in [1.29, 1.82) is 0 Å². The first-order chi connectivity index (χ1) is 10.1. The molecule has 0 saturated carbocycles. The summed E-state index contributed by atoms with van der Waals surface area (Å²) in [6, 6.07) is 5.49. The maximum Gasteiger partial charge on any atom is 0.263 e. The van der Waals surface area contributed by atoms with E-state index in [1.165, 1.54) is 6.42 Å². The molecule has 5 nitrogen and oxygen atoms in total. The zero-order valence-electron chi connectivity index (χ0n) is 12.8. The van der Waals surface area contributed by atoms with Gasteiger partial charge in [-0.2, -0.15) is 0 Å². The van der Waals surface area contributed by atoms with Crippen LogP contribution in [0.5, 0.6) is 11.5 Å². The van der Waals surface area contributed by atoms with Gasteiger partial charge in [0.15, 0.2) is 6.10 Å². The molecule has 2 N–H and O–H groups in total. The molecular formula is C16H24N2O3. The fourth-order valence-electron chi connectivity index (χ4n) is 2.56. The SMILES string of the molecule is COc1cc(CN)cc(OC(C)C(=O)N2CCCCC2)c1. The molecule has 0 aliphatic carbocycles. The van der Waals surface area contributed by atoms with Crippen LogP contribution in [0.25, 0.3) is 0 Å². The number of hydrogen-bond donors (Lipinski definition) is 1. The van der Waals surface area contributed by atoms with Crippen molar-refractivity contribution in [2.75, 3.05) is 20.2 Å². The second-order valence-corrected chi connectivity index (χ2v) is 5.37. The Kier molecular flexibility index (Phi) is 5.44. The molecule has 1 fully saturated rings. The maximum absolute atomic E-state index is 12.4. The molecule has 1 heterocycles. The van der Waals surface area contributed by atoms with Crippen LogP contribution in [0.2, 0.25) is 0 Å². The Bertz CT molecular complexity index is 462. The number of nitrogens with two attached hydrogens (primary N) is 1. The topological polar surface area (TPSA) is 64.8 Å². The lowest BCUT2D eigenvalue weighted by Crippen LogP contribution is -2.43. The third kappa shape index (κ3) is 4.11. The molecule has 1 aromatic rings. The van der Waals surface area contributed by atoms with Crippen molar-refractivity contribution in [3.05, 3.63) is 23.8 Å². The van der Waals surface area contributed by atoms with Gasteiger partial charge in [-0.05, 0) is 43.9 Å². The molecule has 2 rings (SSSR count). The highest BCUT2D eigenvalue weighted by atomic mass is 16.5. The van der Waals surface area contributed by atoms with Crippen LogP contribution in [0, 0.1) is 0 Å². The third-order valence-electron chi connectivity index (χ3n) is 3.74. The first-order valence-electron chi connectivity index (χ1n) is 7.47. The van der Waals surface area contributed by atoms with Gasteiger partial charge in [0.1, 0.15) is 11.5 Å². The number of methoxy groups -OCH3 is 1. The van der Waals surface area contributed by atoms with Gasteiger partial charge >= 0.3 is 0 Å². The van der Waals surface area contributed by atoms with Crippen LogP contribution in [0.4, 0.5) is 0 Å². The Morgan fingerprint density at radius 3 is 2.52 bits per heavy atom. The molecular weight excluding hydrogens is 268 g/mol. The van der Waals surface area contributed by atoms with Crippen LogP contribution in [0.15, 0.2) is 18.2 Å². The van der Waals surface area contributed by atoms with Gasteiger partial charge < -0.3 is 20.1 Å². The highest BCUT2D eigenvalue weighted by Crippen LogP contribution is 2.24. The molecule has 1 aromatic carbocycles. The molecule has 1 aliphatic heterocycles. The van der Waals surface area contributed by atoms with Gasteiger partial charge in [-0.15, -0.1) is 0 Å². The molecule has 0 spiro atoms. The number of amides is 1. The zero-order valence-corrected chi connectivity index (χ0v) is 12.8. The minimum atomic E-state index is -0.499. The van der Waals surface area contributed by atoms with E-state index in [1.807, 2.05) is 17.0 Å². The Morgan fingerprint density at radius 2 is 1.90 bits per heavy atom. The minimum absolute atomic E-state index is 0.0480. The van der Waals surface area contributed by atoms with Gasteiger partial charge in [0.2, 0.25) is 0 Å². The summed E-state index contributed by atoms with van der Waals surface area (Å²) in [5, 5.41) is 0. The summed E-state index contributed by atoms with van der Waals surface area (Å²) in [6.07, 6.45) is 2.86. The summed E-state index contributed by atoms with van der Waals surface area (Å²) in [7, 11) is 1.60. The average molecular weight is 292 g/mol. The Balaban J connectivity index is 2.04. The number of rotatable bonds is 5.